The Bertz CT molecular complexity index is 504. The van der Waals surface area contributed by atoms with Crippen LogP contribution in [0.15, 0.2) is 24.3 Å². The number of rotatable bonds is 4. The van der Waals surface area contributed by atoms with Crippen molar-refractivity contribution in [1.82, 2.24) is 10.2 Å². The molecule has 0 aromatic heterocycles. The third-order valence-corrected chi connectivity index (χ3v) is 3.66. The number of urea groups is 1. The molecule has 1 aromatic rings. The van der Waals surface area contributed by atoms with Gasteiger partial charge in [0, 0.05) is 19.6 Å². The summed E-state index contributed by atoms with van der Waals surface area (Å²) in [5.74, 6) is -1.60. The first-order valence-electron chi connectivity index (χ1n) is 7.06. The van der Waals surface area contributed by atoms with Crippen molar-refractivity contribution in [3.8, 4) is 0 Å². The highest BCUT2D eigenvalue weighted by Crippen LogP contribution is 2.16. The molecule has 1 unspecified atom stereocenters. The van der Waals surface area contributed by atoms with Crippen LogP contribution in [0, 0.1) is 11.7 Å². The summed E-state index contributed by atoms with van der Waals surface area (Å²) in [6.45, 7) is 1.29. The quantitative estimate of drug-likeness (QED) is 0.890. The molecule has 114 valence electrons. The standard InChI is InChI=1S/C15H19FN2O3/c16-13-5-3-11(4-6-13)7-8-17-15(21)18-9-1-2-12(10-18)14(19)20/h3-6,12H,1-2,7-10H2,(H,17,21)(H,19,20). The van der Waals surface area contributed by atoms with Gasteiger partial charge in [0.05, 0.1) is 5.92 Å². The van der Waals surface area contributed by atoms with Gasteiger partial charge in [0.25, 0.3) is 0 Å². The molecule has 1 heterocycles. The van der Waals surface area contributed by atoms with Crippen LogP contribution in [0.5, 0.6) is 0 Å². The Morgan fingerprint density at radius 3 is 2.71 bits per heavy atom. The molecule has 2 amide bonds. The number of carbonyl (C=O) groups is 2. The molecule has 2 rings (SSSR count). The van der Waals surface area contributed by atoms with Gasteiger partial charge in [-0.3, -0.25) is 4.79 Å². The number of piperidine rings is 1. The SMILES string of the molecule is O=C(O)C1CCCN(C(=O)NCCc2ccc(F)cc2)C1. The highest BCUT2D eigenvalue weighted by Gasteiger charge is 2.27. The molecule has 1 saturated heterocycles. The lowest BCUT2D eigenvalue weighted by Crippen LogP contribution is -2.47. The summed E-state index contributed by atoms with van der Waals surface area (Å²) in [6, 6.07) is 5.91. The van der Waals surface area contributed by atoms with Crippen molar-refractivity contribution in [3.63, 3.8) is 0 Å². The van der Waals surface area contributed by atoms with Crippen LogP contribution in [-0.2, 0) is 11.2 Å². The predicted molar refractivity (Wildman–Crippen MR) is 75.4 cm³/mol. The number of nitrogens with zero attached hydrogens (tertiary/aromatic N) is 1. The van der Waals surface area contributed by atoms with Crippen LogP contribution in [0.1, 0.15) is 18.4 Å². The number of nitrogens with one attached hydrogen (secondary N) is 1. The Morgan fingerprint density at radius 1 is 1.33 bits per heavy atom. The zero-order chi connectivity index (χ0) is 15.2. The van der Waals surface area contributed by atoms with Crippen LogP contribution in [0.4, 0.5) is 9.18 Å². The van der Waals surface area contributed by atoms with E-state index < -0.39 is 11.9 Å². The van der Waals surface area contributed by atoms with Gasteiger partial charge in [-0.25, -0.2) is 9.18 Å². The number of likely N-dealkylation sites (tertiary alicyclic amines) is 1. The molecule has 1 aliphatic heterocycles. The van der Waals surface area contributed by atoms with Gasteiger partial charge in [-0.05, 0) is 37.0 Å². The molecular weight excluding hydrogens is 275 g/mol. The molecule has 1 fully saturated rings. The second-order valence-corrected chi connectivity index (χ2v) is 5.23. The van der Waals surface area contributed by atoms with E-state index >= 15 is 0 Å². The van der Waals surface area contributed by atoms with Gasteiger partial charge in [-0.1, -0.05) is 12.1 Å². The lowest BCUT2D eigenvalue weighted by Gasteiger charge is -2.30. The van der Waals surface area contributed by atoms with E-state index in [2.05, 4.69) is 5.32 Å². The van der Waals surface area contributed by atoms with Gasteiger partial charge < -0.3 is 15.3 Å². The van der Waals surface area contributed by atoms with E-state index in [-0.39, 0.29) is 18.4 Å². The first-order chi connectivity index (χ1) is 10.1. The maximum atomic E-state index is 12.8. The number of hydrogen-bond donors (Lipinski definition) is 2. The largest absolute Gasteiger partial charge is 0.481 e. The van der Waals surface area contributed by atoms with Crippen molar-refractivity contribution < 1.29 is 19.1 Å². The molecule has 0 saturated carbocycles. The Labute approximate surface area is 122 Å². The van der Waals surface area contributed by atoms with E-state index in [1.54, 1.807) is 17.0 Å². The smallest absolute Gasteiger partial charge is 0.317 e. The fraction of sp³-hybridized carbons (Fsp3) is 0.467. The maximum Gasteiger partial charge on any atom is 0.317 e. The topological polar surface area (TPSA) is 69.6 Å². The van der Waals surface area contributed by atoms with E-state index in [9.17, 15) is 14.0 Å². The summed E-state index contributed by atoms with van der Waals surface area (Å²) >= 11 is 0. The first kappa shape index (κ1) is 15.3. The number of halogens is 1. The second-order valence-electron chi connectivity index (χ2n) is 5.23. The Balaban J connectivity index is 1.76. The summed E-state index contributed by atoms with van der Waals surface area (Å²) in [4.78, 5) is 24.5. The van der Waals surface area contributed by atoms with E-state index in [1.807, 2.05) is 0 Å². The van der Waals surface area contributed by atoms with Gasteiger partial charge in [-0.15, -0.1) is 0 Å². The second kappa shape index (κ2) is 7.06. The third kappa shape index (κ3) is 4.44. The Hall–Kier alpha value is -2.11. The fourth-order valence-corrected chi connectivity index (χ4v) is 2.44. The van der Waals surface area contributed by atoms with Crippen LogP contribution >= 0.6 is 0 Å². The van der Waals surface area contributed by atoms with E-state index in [4.69, 9.17) is 5.11 Å². The lowest BCUT2D eigenvalue weighted by molar-refractivity contribution is -0.143. The van der Waals surface area contributed by atoms with Crippen molar-refractivity contribution in [2.24, 2.45) is 5.92 Å². The average molecular weight is 294 g/mol. The van der Waals surface area contributed by atoms with Crippen LogP contribution in [0.3, 0.4) is 0 Å². The van der Waals surface area contributed by atoms with E-state index in [0.717, 1.165) is 5.56 Å². The number of carboxylic acid groups (broad SMARTS) is 1. The van der Waals surface area contributed by atoms with Gasteiger partial charge in [0.1, 0.15) is 5.82 Å². The van der Waals surface area contributed by atoms with Gasteiger partial charge in [0.15, 0.2) is 0 Å². The minimum Gasteiger partial charge on any atom is -0.481 e. The van der Waals surface area contributed by atoms with Crippen molar-refractivity contribution in [2.45, 2.75) is 19.3 Å². The van der Waals surface area contributed by atoms with Crippen molar-refractivity contribution in [2.75, 3.05) is 19.6 Å². The van der Waals surface area contributed by atoms with E-state index in [1.165, 1.54) is 12.1 Å². The molecule has 5 nitrogen and oxygen atoms in total. The van der Waals surface area contributed by atoms with Crippen LogP contribution in [0.2, 0.25) is 0 Å². The third-order valence-electron chi connectivity index (χ3n) is 3.66. The molecule has 1 atom stereocenters. The summed E-state index contributed by atoms with van der Waals surface area (Å²) in [6.07, 6.45) is 1.94. The zero-order valence-electron chi connectivity index (χ0n) is 11.7. The molecule has 21 heavy (non-hydrogen) atoms. The minimum absolute atomic E-state index is 0.233. The molecule has 2 N–H and O–H groups in total. The summed E-state index contributed by atoms with van der Waals surface area (Å²) in [5, 5.41) is 11.8. The molecule has 0 spiro atoms. The molecule has 1 aliphatic rings. The molecule has 0 radical (unpaired) electrons. The van der Waals surface area contributed by atoms with Crippen molar-refractivity contribution in [1.29, 1.82) is 0 Å². The summed E-state index contributed by atoms with van der Waals surface area (Å²) in [5.41, 5.74) is 0.943. The first-order valence-corrected chi connectivity index (χ1v) is 7.06. The lowest BCUT2D eigenvalue weighted by atomic mass is 9.99. The number of benzene rings is 1. The number of carboxylic acids is 1. The van der Waals surface area contributed by atoms with Crippen molar-refractivity contribution in [3.05, 3.63) is 35.6 Å². The predicted octanol–water partition coefficient (Wildman–Crippen LogP) is 1.87. The summed E-state index contributed by atoms with van der Waals surface area (Å²) in [7, 11) is 0. The molecule has 0 bridgehead atoms. The molecule has 6 heteroatoms. The zero-order valence-corrected chi connectivity index (χ0v) is 11.7. The van der Waals surface area contributed by atoms with Gasteiger partial charge in [-0.2, -0.15) is 0 Å². The monoisotopic (exact) mass is 294 g/mol. The van der Waals surface area contributed by atoms with Crippen LogP contribution in [-0.4, -0.2) is 41.6 Å². The number of aliphatic carboxylic acids is 1. The van der Waals surface area contributed by atoms with Crippen molar-refractivity contribution >= 4 is 12.0 Å². The maximum absolute atomic E-state index is 12.8. The van der Waals surface area contributed by atoms with Crippen LogP contribution in [0.25, 0.3) is 0 Å². The number of carbonyl (C=O) groups excluding carboxylic acids is 1. The highest BCUT2D eigenvalue weighted by molar-refractivity contribution is 5.76. The number of amides is 2. The average Bonchev–Trinajstić information content (AvgIpc) is 2.49. The van der Waals surface area contributed by atoms with Gasteiger partial charge >= 0.3 is 12.0 Å². The van der Waals surface area contributed by atoms with Gasteiger partial charge in [0.2, 0.25) is 0 Å². The van der Waals surface area contributed by atoms with E-state index in [0.29, 0.717) is 32.4 Å². The fourth-order valence-electron chi connectivity index (χ4n) is 2.44. The molecule has 1 aromatic carbocycles. The van der Waals surface area contributed by atoms with Crippen LogP contribution < -0.4 is 5.32 Å². The summed E-state index contributed by atoms with van der Waals surface area (Å²) < 4.78 is 12.8. The normalized spacial score (nSPS) is 18.3. The molecular formula is C15H19FN2O3. The molecule has 0 aliphatic carbocycles. The Morgan fingerprint density at radius 2 is 2.05 bits per heavy atom. The minimum atomic E-state index is -0.848. The highest BCUT2D eigenvalue weighted by atomic mass is 19.1. The Kier molecular flexibility index (Phi) is 5.14. The number of hydrogen-bond acceptors (Lipinski definition) is 2.